The van der Waals surface area contributed by atoms with E-state index in [2.05, 4.69) is 5.10 Å². The number of carbonyl (C=O) groups is 2. The van der Waals surface area contributed by atoms with Gasteiger partial charge in [-0.2, -0.15) is 5.10 Å². The number of hydrogen-bond donors (Lipinski definition) is 0. The molecule has 0 saturated carbocycles. The van der Waals surface area contributed by atoms with Crippen LogP contribution in [0.25, 0.3) is 22.3 Å². The lowest BCUT2D eigenvalue weighted by Gasteiger charge is -2.21. The van der Waals surface area contributed by atoms with Crippen LogP contribution in [0.15, 0.2) is 72.9 Å². The number of pyridine rings is 1. The summed E-state index contributed by atoms with van der Waals surface area (Å²) in [5.41, 5.74) is 3.02. The lowest BCUT2D eigenvalue weighted by atomic mass is 10.1. The SMILES string of the molecule is CC(C)n1ncc2c(C(=O)OC(C(=O)N(C)C)c3ccccc3)cc(-c3ccccc3)nc21. The van der Waals surface area contributed by atoms with Crippen LogP contribution in [0.5, 0.6) is 0 Å². The molecule has 2 aromatic carbocycles. The lowest BCUT2D eigenvalue weighted by molar-refractivity contribution is -0.138. The fourth-order valence-electron chi connectivity index (χ4n) is 3.62. The Morgan fingerprint density at radius 2 is 1.61 bits per heavy atom. The van der Waals surface area contributed by atoms with Gasteiger partial charge in [-0.25, -0.2) is 14.5 Å². The molecule has 4 aromatic rings. The van der Waals surface area contributed by atoms with Crippen molar-refractivity contribution in [2.24, 2.45) is 0 Å². The van der Waals surface area contributed by atoms with Crippen LogP contribution in [0.3, 0.4) is 0 Å². The number of ether oxygens (including phenoxy) is 1. The molecule has 0 saturated heterocycles. The highest BCUT2D eigenvalue weighted by Crippen LogP contribution is 2.29. The van der Waals surface area contributed by atoms with Crippen LogP contribution in [0.2, 0.25) is 0 Å². The zero-order valence-electron chi connectivity index (χ0n) is 19.1. The second kappa shape index (κ2) is 9.24. The van der Waals surface area contributed by atoms with Crippen molar-refractivity contribution in [2.75, 3.05) is 14.1 Å². The van der Waals surface area contributed by atoms with Crippen molar-refractivity contribution >= 4 is 22.9 Å². The Hall–Kier alpha value is -4.00. The van der Waals surface area contributed by atoms with Crippen LogP contribution in [0.4, 0.5) is 0 Å². The molecule has 7 nitrogen and oxygen atoms in total. The van der Waals surface area contributed by atoms with Gasteiger partial charge in [0.2, 0.25) is 6.10 Å². The summed E-state index contributed by atoms with van der Waals surface area (Å²) in [4.78, 5) is 32.6. The Kier molecular flexibility index (Phi) is 6.22. The molecule has 168 valence electrons. The molecule has 0 aliphatic heterocycles. The summed E-state index contributed by atoms with van der Waals surface area (Å²) in [7, 11) is 3.27. The highest BCUT2D eigenvalue weighted by molar-refractivity contribution is 6.04. The van der Waals surface area contributed by atoms with Crippen LogP contribution in [0, 0.1) is 0 Å². The second-order valence-corrected chi connectivity index (χ2v) is 8.27. The van der Waals surface area contributed by atoms with Crippen LogP contribution >= 0.6 is 0 Å². The van der Waals surface area contributed by atoms with E-state index in [0.717, 1.165) is 5.56 Å². The van der Waals surface area contributed by atoms with Crippen molar-refractivity contribution < 1.29 is 14.3 Å². The smallest absolute Gasteiger partial charge is 0.340 e. The average Bonchev–Trinajstić information content (AvgIpc) is 3.27. The van der Waals surface area contributed by atoms with Gasteiger partial charge in [0.1, 0.15) is 0 Å². The van der Waals surface area contributed by atoms with Gasteiger partial charge in [-0.05, 0) is 19.9 Å². The van der Waals surface area contributed by atoms with E-state index in [1.54, 1.807) is 43.2 Å². The maximum Gasteiger partial charge on any atom is 0.340 e. The monoisotopic (exact) mass is 442 g/mol. The third-order valence-corrected chi connectivity index (χ3v) is 5.34. The molecule has 2 heterocycles. The van der Waals surface area contributed by atoms with E-state index in [4.69, 9.17) is 9.72 Å². The third kappa shape index (κ3) is 4.48. The summed E-state index contributed by atoms with van der Waals surface area (Å²) in [6, 6.07) is 20.4. The molecule has 1 atom stereocenters. The van der Waals surface area contributed by atoms with Gasteiger partial charge in [0.15, 0.2) is 5.65 Å². The molecule has 7 heteroatoms. The molecule has 0 fully saturated rings. The number of aromatic nitrogens is 3. The quantitative estimate of drug-likeness (QED) is 0.406. The van der Waals surface area contributed by atoms with Gasteiger partial charge in [-0.3, -0.25) is 4.79 Å². The van der Waals surface area contributed by atoms with Crippen molar-refractivity contribution in [3.63, 3.8) is 0 Å². The Morgan fingerprint density at radius 1 is 0.970 bits per heavy atom. The van der Waals surface area contributed by atoms with Crippen molar-refractivity contribution in [3.8, 4) is 11.3 Å². The fraction of sp³-hybridized carbons (Fsp3) is 0.231. The predicted octanol–water partition coefficient (Wildman–Crippen LogP) is 4.67. The number of amides is 1. The first-order chi connectivity index (χ1) is 15.9. The first kappa shape index (κ1) is 22.2. The van der Waals surface area contributed by atoms with Crippen molar-refractivity contribution in [1.29, 1.82) is 0 Å². The zero-order chi connectivity index (χ0) is 23.5. The van der Waals surface area contributed by atoms with E-state index < -0.39 is 12.1 Å². The molecular weight excluding hydrogens is 416 g/mol. The molecule has 1 unspecified atom stereocenters. The zero-order valence-corrected chi connectivity index (χ0v) is 19.1. The Bertz CT molecular complexity index is 1280. The number of carbonyl (C=O) groups excluding carboxylic acids is 2. The first-order valence-electron chi connectivity index (χ1n) is 10.8. The summed E-state index contributed by atoms with van der Waals surface area (Å²) in [5, 5.41) is 5.03. The molecular formula is C26H26N4O3. The number of hydrogen-bond acceptors (Lipinski definition) is 5. The first-order valence-corrected chi connectivity index (χ1v) is 10.8. The minimum atomic E-state index is -1.06. The van der Waals surface area contributed by atoms with Gasteiger partial charge in [-0.15, -0.1) is 0 Å². The predicted molar refractivity (Wildman–Crippen MR) is 127 cm³/mol. The lowest BCUT2D eigenvalue weighted by Crippen LogP contribution is -2.31. The molecule has 0 aliphatic rings. The summed E-state index contributed by atoms with van der Waals surface area (Å²) in [6.07, 6.45) is 0.566. The van der Waals surface area contributed by atoms with Crippen molar-refractivity contribution in [2.45, 2.75) is 26.0 Å². The van der Waals surface area contributed by atoms with Crippen LogP contribution in [-0.4, -0.2) is 45.6 Å². The normalized spacial score (nSPS) is 12.0. The van der Waals surface area contributed by atoms with Gasteiger partial charge in [0.05, 0.1) is 22.8 Å². The Morgan fingerprint density at radius 3 is 2.21 bits per heavy atom. The van der Waals surface area contributed by atoms with Gasteiger partial charge >= 0.3 is 5.97 Å². The van der Waals surface area contributed by atoms with Crippen LogP contribution < -0.4 is 0 Å². The number of nitrogens with zero attached hydrogens (tertiary/aromatic N) is 4. The maximum absolute atomic E-state index is 13.5. The molecule has 0 N–H and O–H groups in total. The highest BCUT2D eigenvalue weighted by atomic mass is 16.5. The number of benzene rings is 2. The minimum Gasteiger partial charge on any atom is -0.444 e. The average molecular weight is 443 g/mol. The standard InChI is InChI=1S/C26H26N4O3/c1-17(2)30-24-21(16-27-30)20(15-22(28-24)18-11-7-5-8-12-18)26(32)33-23(25(31)29(3)4)19-13-9-6-10-14-19/h5-17,23H,1-4H3. The number of likely N-dealkylation sites (N-methyl/N-ethyl adjacent to an activating group) is 1. The fourth-order valence-corrected chi connectivity index (χ4v) is 3.62. The van der Waals surface area contributed by atoms with E-state index in [9.17, 15) is 9.59 Å². The second-order valence-electron chi connectivity index (χ2n) is 8.27. The summed E-state index contributed by atoms with van der Waals surface area (Å²) in [5.74, 6) is -0.923. The molecule has 2 aromatic heterocycles. The largest absolute Gasteiger partial charge is 0.444 e. The van der Waals surface area contributed by atoms with Gasteiger partial charge < -0.3 is 9.64 Å². The van der Waals surface area contributed by atoms with Crippen LogP contribution in [-0.2, 0) is 9.53 Å². The molecule has 0 aliphatic carbocycles. The molecule has 1 amide bonds. The van der Waals surface area contributed by atoms with Gasteiger partial charge in [-0.1, -0.05) is 60.7 Å². The van der Waals surface area contributed by atoms with E-state index in [-0.39, 0.29) is 11.9 Å². The van der Waals surface area contributed by atoms with E-state index in [1.807, 2.05) is 62.4 Å². The van der Waals surface area contributed by atoms with Gasteiger partial charge in [0.25, 0.3) is 5.91 Å². The van der Waals surface area contributed by atoms with E-state index in [1.165, 1.54) is 4.90 Å². The molecule has 33 heavy (non-hydrogen) atoms. The molecule has 0 bridgehead atoms. The molecule has 0 radical (unpaired) electrons. The van der Waals surface area contributed by atoms with E-state index >= 15 is 0 Å². The topological polar surface area (TPSA) is 77.3 Å². The number of rotatable bonds is 6. The minimum absolute atomic E-state index is 0.0530. The number of fused-ring (bicyclic) bond motifs is 1. The summed E-state index contributed by atoms with van der Waals surface area (Å²) < 4.78 is 7.60. The van der Waals surface area contributed by atoms with E-state index in [0.29, 0.717) is 27.9 Å². The van der Waals surface area contributed by atoms with Crippen molar-refractivity contribution in [3.05, 3.63) is 84.1 Å². The van der Waals surface area contributed by atoms with Crippen molar-refractivity contribution in [1.82, 2.24) is 19.7 Å². The summed E-state index contributed by atoms with van der Waals surface area (Å²) in [6.45, 7) is 4.00. The number of esters is 1. The summed E-state index contributed by atoms with van der Waals surface area (Å²) >= 11 is 0. The highest BCUT2D eigenvalue weighted by Gasteiger charge is 2.29. The molecule has 0 spiro atoms. The third-order valence-electron chi connectivity index (χ3n) is 5.34. The Balaban J connectivity index is 1.82. The Labute approximate surface area is 192 Å². The maximum atomic E-state index is 13.5. The molecule has 4 rings (SSSR count). The van der Waals surface area contributed by atoms with Gasteiger partial charge in [0, 0.05) is 31.3 Å². The van der Waals surface area contributed by atoms with Crippen LogP contribution in [0.1, 0.15) is 41.9 Å².